The molecule has 0 aromatic heterocycles. The molecule has 98 valence electrons. The van der Waals surface area contributed by atoms with Crippen LogP contribution in [-0.2, 0) is 28.5 Å². The van der Waals surface area contributed by atoms with Gasteiger partial charge in [-0.1, -0.05) is 0 Å². The standard InChI is InChI=1S/C11H18O6/c1-11(2)16-6-7(17-11)5-8(9(12)14-3)10(13)15-4/h7-8H,5-6H2,1-4H3/t7-/m0/s1. The highest BCUT2D eigenvalue weighted by Crippen LogP contribution is 2.26. The van der Waals surface area contributed by atoms with Crippen molar-refractivity contribution in [3.05, 3.63) is 0 Å². The highest BCUT2D eigenvalue weighted by Gasteiger charge is 2.38. The summed E-state index contributed by atoms with van der Waals surface area (Å²) >= 11 is 0. The monoisotopic (exact) mass is 246 g/mol. The molecule has 6 nitrogen and oxygen atoms in total. The Labute approximate surface area is 100 Å². The molecule has 0 spiro atoms. The van der Waals surface area contributed by atoms with E-state index in [0.29, 0.717) is 6.61 Å². The molecule has 0 aliphatic carbocycles. The lowest BCUT2D eigenvalue weighted by molar-refractivity contribution is -0.164. The number of esters is 2. The molecule has 1 aliphatic rings. The smallest absolute Gasteiger partial charge is 0.320 e. The molecule has 6 heteroatoms. The average molecular weight is 246 g/mol. The van der Waals surface area contributed by atoms with Gasteiger partial charge in [0.2, 0.25) is 0 Å². The number of hydrogen-bond acceptors (Lipinski definition) is 6. The van der Waals surface area contributed by atoms with E-state index < -0.39 is 23.6 Å². The zero-order valence-electron chi connectivity index (χ0n) is 10.5. The number of carbonyl (C=O) groups is 2. The largest absolute Gasteiger partial charge is 0.468 e. The third-order valence-electron chi connectivity index (χ3n) is 2.54. The number of methoxy groups -OCH3 is 2. The third-order valence-corrected chi connectivity index (χ3v) is 2.54. The van der Waals surface area contributed by atoms with E-state index in [1.54, 1.807) is 13.8 Å². The summed E-state index contributed by atoms with van der Waals surface area (Å²) in [5, 5.41) is 0. The van der Waals surface area contributed by atoms with Crippen molar-refractivity contribution in [1.29, 1.82) is 0 Å². The van der Waals surface area contributed by atoms with E-state index in [4.69, 9.17) is 9.47 Å². The van der Waals surface area contributed by atoms with E-state index >= 15 is 0 Å². The number of hydrogen-bond donors (Lipinski definition) is 0. The van der Waals surface area contributed by atoms with Crippen LogP contribution in [0.4, 0.5) is 0 Å². The van der Waals surface area contributed by atoms with E-state index in [1.807, 2.05) is 0 Å². The lowest BCUT2D eigenvalue weighted by Gasteiger charge is -2.19. The van der Waals surface area contributed by atoms with Crippen molar-refractivity contribution in [3.63, 3.8) is 0 Å². The van der Waals surface area contributed by atoms with Crippen LogP contribution in [0.3, 0.4) is 0 Å². The molecule has 0 amide bonds. The maximum atomic E-state index is 11.4. The molecular formula is C11H18O6. The van der Waals surface area contributed by atoms with Gasteiger partial charge in [-0.25, -0.2) is 0 Å². The van der Waals surface area contributed by atoms with Crippen LogP contribution in [0.2, 0.25) is 0 Å². The van der Waals surface area contributed by atoms with Gasteiger partial charge in [0.15, 0.2) is 11.7 Å². The van der Waals surface area contributed by atoms with Gasteiger partial charge in [0.05, 0.1) is 26.9 Å². The molecule has 17 heavy (non-hydrogen) atoms. The SMILES string of the molecule is COC(=O)C(C[C@H]1COC(C)(C)O1)C(=O)OC. The van der Waals surface area contributed by atoms with E-state index in [2.05, 4.69) is 9.47 Å². The molecule has 1 saturated heterocycles. The maximum Gasteiger partial charge on any atom is 0.320 e. The van der Waals surface area contributed by atoms with Crippen LogP contribution in [0.15, 0.2) is 0 Å². The van der Waals surface area contributed by atoms with Gasteiger partial charge < -0.3 is 18.9 Å². The Morgan fingerprint density at radius 2 is 1.82 bits per heavy atom. The molecule has 0 unspecified atom stereocenters. The minimum atomic E-state index is -0.965. The molecule has 0 aromatic rings. The normalized spacial score (nSPS) is 22.5. The molecule has 0 bridgehead atoms. The zero-order valence-corrected chi connectivity index (χ0v) is 10.5. The summed E-state index contributed by atoms with van der Waals surface area (Å²) in [6.45, 7) is 3.90. The Bertz CT molecular complexity index is 282. The quantitative estimate of drug-likeness (QED) is 0.531. The van der Waals surface area contributed by atoms with Gasteiger partial charge in [-0.2, -0.15) is 0 Å². The van der Waals surface area contributed by atoms with Gasteiger partial charge in [0, 0.05) is 0 Å². The summed E-state index contributed by atoms with van der Waals surface area (Å²) < 4.78 is 20.0. The van der Waals surface area contributed by atoms with Crippen LogP contribution in [0.25, 0.3) is 0 Å². The first kappa shape index (κ1) is 13.9. The maximum absolute atomic E-state index is 11.4. The van der Waals surface area contributed by atoms with Crippen LogP contribution >= 0.6 is 0 Å². The Hall–Kier alpha value is -1.14. The molecule has 0 radical (unpaired) electrons. The van der Waals surface area contributed by atoms with Crippen molar-refractivity contribution in [3.8, 4) is 0 Å². The third kappa shape index (κ3) is 3.67. The summed E-state index contributed by atoms with van der Waals surface area (Å²) in [5.41, 5.74) is 0. The number of carbonyl (C=O) groups excluding carboxylic acids is 2. The first-order valence-corrected chi connectivity index (χ1v) is 5.37. The predicted octanol–water partition coefficient (Wildman–Crippen LogP) is 0.490. The van der Waals surface area contributed by atoms with Crippen molar-refractivity contribution in [2.24, 2.45) is 5.92 Å². The van der Waals surface area contributed by atoms with Gasteiger partial charge in [0.25, 0.3) is 0 Å². The van der Waals surface area contributed by atoms with Crippen LogP contribution < -0.4 is 0 Å². The fourth-order valence-corrected chi connectivity index (χ4v) is 1.72. The minimum Gasteiger partial charge on any atom is -0.468 e. The Balaban J connectivity index is 2.61. The first-order chi connectivity index (χ1) is 7.89. The molecule has 1 atom stereocenters. The Morgan fingerprint density at radius 1 is 1.29 bits per heavy atom. The second kappa shape index (κ2) is 5.46. The molecule has 1 heterocycles. The van der Waals surface area contributed by atoms with Crippen LogP contribution in [0, 0.1) is 5.92 Å². The second-order valence-corrected chi connectivity index (χ2v) is 4.29. The zero-order chi connectivity index (χ0) is 13.1. The lowest BCUT2D eigenvalue weighted by Crippen LogP contribution is -2.31. The van der Waals surface area contributed by atoms with Crippen molar-refractivity contribution < 1.29 is 28.5 Å². The van der Waals surface area contributed by atoms with Crippen molar-refractivity contribution in [2.75, 3.05) is 20.8 Å². The predicted molar refractivity (Wildman–Crippen MR) is 57.0 cm³/mol. The number of rotatable bonds is 4. The van der Waals surface area contributed by atoms with Crippen LogP contribution in [0.5, 0.6) is 0 Å². The van der Waals surface area contributed by atoms with Crippen LogP contribution in [0.1, 0.15) is 20.3 Å². The Morgan fingerprint density at radius 3 is 2.18 bits per heavy atom. The molecule has 0 N–H and O–H groups in total. The van der Waals surface area contributed by atoms with Gasteiger partial charge in [-0.15, -0.1) is 0 Å². The molecule has 1 fully saturated rings. The number of ether oxygens (including phenoxy) is 4. The highest BCUT2D eigenvalue weighted by atomic mass is 16.7. The average Bonchev–Trinajstić information content (AvgIpc) is 2.63. The van der Waals surface area contributed by atoms with Crippen molar-refractivity contribution in [1.82, 2.24) is 0 Å². The molecule has 0 aromatic carbocycles. The van der Waals surface area contributed by atoms with Crippen molar-refractivity contribution in [2.45, 2.75) is 32.2 Å². The van der Waals surface area contributed by atoms with Gasteiger partial charge in [0.1, 0.15) is 0 Å². The van der Waals surface area contributed by atoms with E-state index in [1.165, 1.54) is 14.2 Å². The van der Waals surface area contributed by atoms with Gasteiger partial charge in [-0.05, 0) is 20.3 Å². The molecular weight excluding hydrogens is 228 g/mol. The molecule has 0 saturated carbocycles. The fraction of sp³-hybridized carbons (Fsp3) is 0.818. The summed E-state index contributed by atoms with van der Waals surface area (Å²) in [6.07, 6.45) is -0.115. The molecule has 1 rings (SSSR count). The fourth-order valence-electron chi connectivity index (χ4n) is 1.72. The summed E-state index contributed by atoms with van der Waals surface area (Å²) in [5.74, 6) is -2.88. The Kier molecular flexibility index (Phi) is 4.47. The first-order valence-electron chi connectivity index (χ1n) is 5.37. The van der Waals surface area contributed by atoms with E-state index in [9.17, 15) is 9.59 Å². The van der Waals surface area contributed by atoms with Crippen molar-refractivity contribution >= 4 is 11.9 Å². The van der Waals surface area contributed by atoms with Crippen LogP contribution in [-0.4, -0.2) is 44.7 Å². The lowest BCUT2D eigenvalue weighted by atomic mass is 10.0. The minimum absolute atomic E-state index is 0.197. The van der Waals surface area contributed by atoms with E-state index in [-0.39, 0.29) is 12.5 Å². The molecule has 1 aliphatic heterocycles. The topological polar surface area (TPSA) is 71.1 Å². The summed E-state index contributed by atoms with van der Waals surface area (Å²) in [4.78, 5) is 22.9. The summed E-state index contributed by atoms with van der Waals surface area (Å²) in [7, 11) is 2.46. The summed E-state index contributed by atoms with van der Waals surface area (Å²) in [6, 6.07) is 0. The van der Waals surface area contributed by atoms with Gasteiger partial charge in [-0.3, -0.25) is 9.59 Å². The van der Waals surface area contributed by atoms with E-state index in [0.717, 1.165) is 0 Å². The highest BCUT2D eigenvalue weighted by molar-refractivity contribution is 5.94. The van der Waals surface area contributed by atoms with Gasteiger partial charge >= 0.3 is 11.9 Å². The second-order valence-electron chi connectivity index (χ2n) is 4.29.